The van der Waals surface area contributed by atoms with Gasteiger partial charge in [0, 0.05) is 22.4 Å². The van der Waals surface area contributed by atoms with Crippen molar-refractivity contribution in [2.75, 3.05) is 11.1 Å². The van der Waals surface area contributed by atoms with E-state index in [4.69, 9.17) is 23.2 Å². The first kappa shape index (κ1) is 20.8. The molecule has 3 rings (SSSR count). The number of nitrogens with zero attached hydrogens (tertiary/aromatic N) is 1. The number of thiazole rings is 1. The van der Waals surface area contributed by atoms with Crippen LogP contribution in [0.15, 0.2) is 53.9 Å². The van der Waals surface area contributed by atoms with E-state index in [1.807, 2.05) is 6.07 Å². The Morgan fingerprint density at radius 3 is 2.57 bits per heavy atom. The summed E-state index contributed by atoms with van der Waals surface area (Å²) in [7, 11) is -3.38. The Morgan fingerprint density at radius 2 is 1.86 bits per heavy atom. The standard InChI is InChI=1S/C19H16Cl2N2O3S2/c20-14-6-7-15(16(21)10-14)17-11-27-19(22-17)23-18(24)8-9-28(25,26)12-13-4-2-1-3-5-13/h1-7,10-11H,8-9,12H2,(H,22,23,24). The number of nitrogens with one attached hydrogen (secondary N) is 1. The number of rotatable bonds is 7. The van der Waals surface area contributed by atoms with Crippen LogP contribution in [0.4, 0.5) is 5.13 Å². The van der Waals surface area contributed by atoms with Crippen molar-refractivity contribution in [1.29, 1.82) is 0 Å². The summed E-state index contributed by atoms with van der Waals surface area (Å²) >= 11 is 13.3. The van der Waals surface area contributed by atoms with Gasteiger partial charge in [0.15, 0.2) is 15.0 Å². The molecular formula is C19H16Cl2N2O3S2. The molecule has 1 aromatic heterocycles. The minimum atomic E-state index is -3.38. The van der Waals surface area contributed by atoms with Crippen molar-refractivity contribution in [3.8, 4) is 11.3 Å². The second-order valence-electron chi connectivity index (χ2n) is 6.04. The van der Waals surface area contributed by atoms with E-state index in [2.05, 4.69) is 10.3 Å². The van der Waals surface area contributed by atoms with E-state index in [0.29, 0.717) is 32.0 Å². The topological polar surface area (TPSA) is 76.1 Å². The van der Waals surface area contributed by atoms with Crippen LogP contribution in [0.5, 0.6) is 0 Å². The third-order valence-electron chi connectivity index (χ3n) is 3.83. The van der Waals surface area contributed by atoms with Crippen molar-refractivity contribution >= 4 is 55.4 Å². The molecule has 0 radical (unpaired) electrons. The summed E-state index contributed by atoms with van der Waals surface area (Å²) in [6.45, 7) is 0. The molecule has 0 unspecified atom stereocenters. The molecule has 0 saturated carbocycles. The molecule has 0 saturated heterocycles. The molecule has 1 amide bonds. The average molecular weight is 455 g/mol. The third-order valence-corrected chi connectivity index (χ3v) is 6.73. The van der Waals surface area contributed by atoms with Gasteiger partial charge in [0.1, 0.15) is 0 Å². The number of carbonyl (C=O) groups excluding carboxylic acids is 1. The molecule has 0 fully saturated rings. The van der Waals surface area contributed by atoms with Crippen LogP contribution in [-0.2, 0) is 20.4 Å². The van der Waals surface area contributed by atoms with E-state index in [0.717, 1.165) is 0 Å². The Bertz CT molecular complexity index is 1080. The second kappa shape index (κ2) is 9.05. The van der Waals surface area contributed by atoms with E-state index < -0.39 is 15.7 Å². The molecule has 0 aliphatic heterocycles. The van der Waals surface area contributed by atoms with Gasteiger partial charge in [0.05, 0.1) is 22.2 Å². The lowest BCUT2D eigenvalue weighted by atomic mass is 10.2. The number of anilines is 1. The summed E-state index contributed by atoms with van der Waals surface area (Å²) < 4.78 is 24.4. The summed E-state index contributed by atoms with van der Waals surface area (Å²) in [6.07, 6.45) is -0.133. The number of amides is 1. The molecule has 0 aliphatic carbocycles. The quantitative estimate of drug-likeness (QED) is 0.540. The molecule has 0 bridgehead atoms. The minimum Gasteiger partial charge on any atom is -0.302 e. The highest BCUT2D eigenvalue weighted by Gasteiger charge is 2.16. The molecule has 1 heterocycles. The van der Waals surface area contributed by atoms with E-state index in [-0.39, 0.29) is 17.9 Å². The number of benzene rings is 2. The molecule has 28 heavy (non-hydrogen) atoms. The van der Waals surface area contributed by atoms with Gasteiger partial charge in [-0.25, -0.2) is 13.4 Å². The highest BCUT2D eigenvalue weighted by molar-refractivity contribution is 7.90. The Hall–Kier alpha value is -1.93. The second-order valence-corrected chi connectivity index (χ2v) is 9.92. The predicted octanol–water partition coefficient (Wildman–Crippen LogP) is 5.06. The van der Waals surface area contributed by atoms with Gasteiger partial charge in [0.2, 0.25) is 5.91 Å². The fourth-order valence-electron chi connectivity index (χ4n) is 2.48. The van der Waals surface area contributed by atoms with Crippen LogP contribution in [0.25, 0.3) is 11.3 Å². The van der Waals surface area contributed by atoms with Gasteiger partial charge in [0.25, 0.3) is 0 Å². The maximum atomic E-state index is 12.2. The molecule has 1 N–H and O–H groups in total. The lowest BCUT2D eigenvalue weighted by Crippen LogP contribution is -2.18. The Morgan fingerprint density at radius 1 is 1.11 bits per heavy atom. The van der Waals surface area contributed by atoms with Crippen LogP contribution < -0.4 is 5.32 Å². The van der Waals surface area contributed by atoms with Crippen molar-refractivity contribution < 1.29 is 13.2 Å². The van der Waals surface area contributed by atoms with Gasteiger partial charge >= 0.3 is 0 Å². The zero-order valence-electron chi connectivity index (χ0n) is 14.6. The van der Waals surface area contributed by atoms with Gasteiger partial charge in [-0.05, 0) is 23.8 Å². The fraction of sp³-hybridized carbons (Fsp3) is 0.158. The van der Waals surface area contributed by atoms with Crippen molar-refractivity contribution in [3.05, 3.63) is 69.5 Å². The molecule has 5 nitrogen and oxygen atoms in total. The predicted molar refractivity (Wildman–Crippen MR) is 115 cm³/mol. The van der Waals surface area contributed by atoms with E-state index in [9.17, 15) is 13.2 Å². The lowest BCUT2D eigenvalue weighted by Gasteiger charge is -2.05. The molecule has 9 heteroatoms. The average Bonchev–Trinajstić information content (AvgIpc) is 3.09. The first-order chi connectivity index (χ1) is 13.3. The largest absolute Gasteiger partial charge is 0.302 e. The van der Waals surface area contributed by atoms with E-state index in [1.54, 1.807) is 47.8 Å². The smallest absolute Gasteiger partial charge is 0.227 e. The Labute approximate surface area is 177 Å². The van der Waals surface area contributed by atoms with Gasteiger partial charge in [-0.3, -0.25) is 4.79 Å². The lowest BCUT2D eigenvalue weighted by molar-refractivity contribution is -0.115. The van der Waals surface area contributed by atoms with Crippen molar-refractivity contribution in [2.24, 2.45) is 0 Å². The van der Waals surface area contributed by atoms with Crippen LogP contribution >= 0.6 is 34.5 Å². The van der Waals surface area contributed by atoms with Crippen molar-refractivity contribution in [2.45, 2.75) is 12.2 Å². The van der Waals surface area contributed by atoms with Gasteiger partial charge in [-0.15, -0.1) is 11.3 Å². The Kier molecular flexibility index (Phi) is 6.72. The number of sulfone groups is 1. The fourth-order valence-corrected chi connectivity index (χ4v) is 5.06. The molecule has 0 spiro atoms. The summed E-state index contributed by atoms with van der Waals surface area (Å²) in [5.41, 5.74) is 2.01. The summed E-state index contributed by atoms with van der Waals surface area (Å²) in [6, 6.07) is 14.0. The highest BCUT2D eigenvalue weighted by atomic mass is 35.5. The maximum Gasteiger partial charge on any atom is 0.227 e. The zero-order valence-corrected chi connectivity index (χ0v) is 17.7. The third kappa shape index (κ3) is 5.78. The van der Waals surface area contributed by atoms with Crippen LogP contribution in [0.1, 0.15) is 12.0 Å². The molecular weight excluding hydrogens is 439 g/mol. The minimum absolute atomic E-state index is 0.0857. The summed E-state index contributed by atoms with van der Waals surface area (Å²) in [5, 5.41) is 5.76. The van der Waals surface area contributed by atoms with Crippen LogP contribution in [0, 0.1) is 0 Å². The summed E-state index contributed by atoms with van der Waals surface area (Å²) in [5.74, 6) is -0.716. The molecule has 3 aromatic rings. The number of aromatic nitrogens is 1. The van der Waals surface area contributed by atoms with Gasteiger partial charge in [-0.1, -0.05) is 53.5 Å². The molecule has 146 valence electrons. The highest BCUT2D eigenvalue weighted by Crippen LogP contribution is 2.32. The molecule has 2 aromatic carbocycles. The van der Waals surface area contributed by atoms with Crippen LogP contribution in [-0.4, -0.2) is 25.1 Å². The number of halogens is 2. The maximum absolute atomic E-state index is 12.2. The SMILES string of the molecule is O=C(CCS(=O)(=O)Cc1ccccc1)Nc1nc(-c2ccc(Cl)cc2Cl)cs1. The molecule has 0 aliphatic rings. The van der Waals surface area contributed by atoms with Gasteiger partial charge < -0.3 is 5.32 Å². The van der Waals surface area contributed by atoms with E-state index in [1.165, 1.54) is 11.3 Å². The van der Waals surface area contributed by atoms with Crippen LogP contribution in [0.3, 0.4) is 0 Å². The number of hydrogen-bond acceptors (Lipinski definition) is 5. The number of hydrogen-bond donors (Lipinski definition) is 1. The monoisotopic (exact) mass is 454 g/mol. The number of carbonyl (C=O) groups is 1. The first-order valence-electron chi connectivity index (χ1n) is 8.27. The molecule has 0 atom stereocenters. The normalized spacial score (nSPS) is 11.4. The Balaban J connectivity index is 1.57. The van der Waals surface area contributed by atoms with Crippen molar-refractivity contribution in [3.63, 3.8) is 0 Å². The summed E-state index contributed by atoms with van der Waals surface area (Å²) in [4.78, 5) is 16.4. The van der Waals surface area contributed by atoms with Gasteiger partial charge in [-0.2, -0.15) is 0 Å². The van der Waals surface area contributed by atoms with Crippen molar-refractivity contribution in [1.82, 2.24) is 4.98 Å². The van der Waals surface area contributed by atoms with Crippen LogP contribution in [0.2, 0.25) is 10.0 Å². The van der Waals surface area contributed by atoms with E-state index >= 15 is 0 Å². The first-order valence-corrected chi connectivity index (χ1v) is 11.7. The zero-order chi connectivity index (χ0) is 20.1.